The molecule has 0 unspecified atom stereocenters. The largest absolute Gasteiger partial charge is 0.480 e. The average molecular weight is 264 g/mol. The minimum absolute atomic E-state index is 0.285. The molecule has 0 fully saturated rings. The number of amides is 1. The van der Waals surface area contributed by atoms with E-state index in [1.807, 2.05) is 26.0 Å². The fourth-order valence-corrected chi connectivity index (χ4v) is 1.52. The molecule has 19 heavy (non-hydrogen) atoms. The van der Waals surface area contributed by atoms with Crippen LogP contribution in [0.25, 0.3) is 0 Å². The molecule has 0 bridgehead atoms. The second kappa shape index (κ2) is 5.38. The van der Waals surface area contributed by atoms with Crippen molar-refractivity contribution < 1.29 is 14.7 Å². The third kappa shape index (κ3) is 3.53. The molecule has 1 amide bonds. The molecule has 0 aliphatic rings. The molecule has 0 radical (unpaired) electrons. The van der Waals surface area contributed by atoms with Gasteiger partial charge in [0.15, 0.2) is 0 Å². The molecule has 5 nitrogen and oxygen atoms in total. The minimum Gasteiger partial charge on any atom is -0.480 e. The van der Waals surface area contributed by atoms with Crippen LogP contribution in [0.3, 0.4) is 0 Å². The number of hydrogen-bond acceptors (Lipinski definition) is 3. The molecule has 0 aromatic carbocycles. The van der Waals surface area contributed by atoms with E-state index in [1.165, 1.54) is 13.8 Å². The minimum atomic E-state index is -1.42. The Labute approximate surface area is 113 Å². The lowest BCUT2D eigenvalue weighted by molar-refractivity contribution is -0.153. The highest BCUT2D eigenvalue weighted by Crippen LogP contribution is 2.22. The molecule has 0 saturated heterocycles. The Morgan fingerprint density at radius 1 is 1.21 bits per heavy atom. The van der Waals surface area contributed by atoms with Crippen molar-refractivity contribution >= 4 is 11.9 Å². The van der Waals surface area contributed by atoms with Gasteiger partial charge >= 0.3 is 5.97 Å². The zero-order valence-electron chi connectivity index (χ0n) is 11.7. The van der Waals surface area contributed by atoms with Crippen molar-refractivity contribution in [2.45, 2.75) is 33.1 Å². The number of pyridine rings is 1. The lowest BCUT2D eigenvalue weighted by Gasteiger charge is -2.27. The second-order valence-corrected chi connectivity index (χ2v) is 5.73. The maximum absolute atomic E-state index is 11.9. The van der Waals surface area contributed by atoms with E-state index >= 15 is 0 Å². The Morgan fingerprint density at radius 2 is 1.74 bits per heavy atom. The van der Waals surface area contributed by atoms with Crippen LogP contribution >= 0.6 is 0 Å². The summed E-state index contributed by atoms with van der Waals surface area (Å²) in [6, 6.07) is 3.77. The average Bonchev–Trinajstić information content (AvgIpc) is 2.36. The first-order valence-corrected chi connectivity index (χ1v) is 6.10. The highest BCUT2D eigenvalue weighted by molar-refractivity contribution is 6.00. The van der Waals surface area contributed by atoms with Gasteiger partial charge in [-0.25, -0.2) is 0 Å². The normalized spacial score (nSPS) is 12.0. The maximum atomic E-state index is 11.9. The quantitative estimate of drug-likeness (QED) is 0.791. The standard InChI is InChI=1S/C14H20N2O3/c1-13(2,10-5-7-15-8-6-10)9-16-11(17)14(3,4)12(18)19/h5-8H,9H2,1-4H3,(H,16,17)(H,18,19). The predicted octanol–water partition coefficient (Wildman–Crippen LogP) is 1.59. The Morgan fingerprint density at radius 3 is 2.21 bits per heavy atom. The molecule has 0 spiro atoms. The molecule has 1 aromatic heterocycles. The highest BCUT2D eigenvalue weighted by Gasteiger charge is 2.36. The first-order valence-electron chi connectivity index (χ1n) is 6.10. The number of aromatic nitrogens is 1. The molecule has 0 aliphatic carbocycles. The van der Waals surface area contributed by atoms with Crippen molar-refractivity contribution in [1.82, 2.24) is 10.3 Å². The molecule has 104 valence electrons. The van der Waals surface area contributed by atoms with Crippen LogP contribution in [0, 0.1) is 5.41 Å². The van der Waals surface area contributed by atoms with Crippen LogP contribution in [0.1, 0.15) is 33.3 Å². The van der Waals surface area contributed by atoms with Crippen molar-refractivity contribution in [2.75, 3.05) is 6.54 Å². The molecule has 5 heteroatoms. The summed E-state index contributed by atoms with van der Waals surface area (Å²) in [6.45, 7) is 7.12. The summed E-state index contributed by atoms with van der Waals surface area (Å²) in [5, 5.41) is 11.7. The molecule has 1 rings (SSSR count). The maximum Gasteiger partial charge on any atom is 0.318 e. The summed E-state index contributed by atoms with van der Waals surface area (Å²) in [5.41, 5.74) is -0.669. The number of aliphatic carboxylic acids is 1. The summed E-state index contributed by atoms with van der Waals surface area (Å²) in [6.07, 6.45) is 3.39. The highest BCUT2D eigenvalue weighted by atomic mass is 16.4. The van der Waals surface area contributed by atoms with E-state index in [4.69, 9.17) is 5.11 Å². The van der Waals surface area contributed by atoms with E-state index < -0.39 is 17.3 Å². The van der Waals surface area contributed by atoms with E-state index in [-0.39, 0.29) is 5.41 Å². The van der Waals surface area contributed by atoms with Crippen molar-refractivity contribution in [3.05, 3.63) is 30.1 Å². The van der Waals surface area contributed by atoms with Crippen LogP contribution < -0.4 is 5.32 Å². The third-order valence-electron chi connectivity index (χ3n) is 3.26. The first-order chi connectivity index (χ1) is 8.68. The van der Waals surface area contributed by atoms with Crippen molar-refractivity contribution in [1.29, 1.82) is 0 Å². The van der Waals surface area contributed by atoms with E-state index in [2.05, 4.69) is 10.3 Å². The molecule has 2 N–H and O–H groups in total. The number of carbonyl (C=O) groups excluding carboxylic acids is 1. The Kier molecular flexibility index (Phi) is 4.29. The molecule has 1 aromatic rings. The SMILES string of the molecule is CC(C)(C(=O)O)C(=O)NCC(C)(C)c1ccncc1. The molecule has 0 saturated carbocycles. The van der Waals surface area contributed by atoms with Crippen LogP contribution in [0.4, 0.5) is 0 Å². The van der Waals surface area contributed by atoms with Gasteiger partial charge in [0, 0.05) is 24.4 Å². The lowest BCUT2D eigenvalue weighted by atomic mass is 9.84. The number of nitrogens with zero attached hydrogens (tertiary/aromatic N) is 1. The zero-order valence-corrected chi connectivity index (χ0v) is 11.7. The summed E-state index contributed by atoms with van der Waals surface area (Å²) in [4.78, 5) is 26.8. The Hall–Kier alpha value is -1.91. The van der Waals surface area contributed by atoms with Crippen LogP contribution in [-0.2, 0) is 15.0 Å². The number of carboxylic acid groups (broad SMARTS) is 1. The summed E-state index contributed by atoms with van der Waals surface area (Å²) >= 11 is 0. The van der Waals surface area contributed by atoms with Crippen LogP contribution in [0.15, 0.2) is 24.5 Å². The summed E-state index contributed by atoms with van der Waals surface area (Å²) in [7, 11) is 0. The molecule has 0 atom stereocenters. The van der Waals surface area contributed by atoms with Crippen molar-refractivity contribution in [2.24, 2.45) is 5.41 Å². The number of nitrogens with one attached hydrogen (secondary N) is 1. The number of rotatable bonds is 5. The van der Waals surface area contributed by atoms with E-state index in [1.54, 1.807) is 12.4 Å². The van der Waals surface area contributed by atoms with Gasteiger partial charge in [-0.3, -0.25) is 14.6 Å². The van der Waals surface area contributed by atoms with Gasteiger partial charge < -0.3 is 10.4 Å². The van der Waals surface area contributed by atoms with E-state index in [9.17, 15) is 9.59 Å². The zero-order chi connectivity index (χ0) is 14.7. The van der Waals surface area contributed by atoms with Gasteiger partial charge in [-0.05, 0) is 31.5 Å². The van der Waals surface area contributed by atoms with Crippen molar-refractivity contribution in [3.8, 4) is 0 Å². The summed E-state index contributed by atoms with van der Waals surface area (Å²) < 4.78 is 0. The van der Waals surface area contributed by atoms with Crippen LogP contribution in [0.5, 0.6) is 0 Å². The second-order valence-electron chi connectivity index (χ2n) is 5.73. The Bertz CT molecular complexity index is 467. The molecular weight excluding hydrogens is 244 g/mol. The number of carbonyl (C=O) groups is 2. The van der Waals surface area contributed by atoms with Gasteiger partial charge in [-0.2, -0.15) is 0 Å². The van der Waals surface area contributed by atoms with Crippen LogP contribution in [-0.4, -0.2) is 28.5 Å². The van der Waals surface area contributed by atoms with E-state index in [0.717, 1.165) is 5.56 Å². The number of hydrogen-bond donors (Lipinski definition) is 2. The van der Waals surface area contributed by atoms with Gasteiger partial charge in [0.25, 0.3) is 0 Å². The van der Waals surface area contributed by atoms with E-state index in [0.29, 0.717) is 6.54 Å². The van der Waals surface area contributed by atoms with Crippen LogP contribution in [0.2, 0.25) is 0 Å². The van der Waals surface area contributed by atoms with Gasteiger partial charge in [0.2, 0.25) is 5.91 Å². The summed E-state index contributed by atoms with van der Waals surface area (Å²) in [5.74, 6) is -1.62. The smallest absolute Gasteiger partial charge is 0.318 e. The number of carboxylic acids is 1. The lowest BCUT2D eigenvalue weighted by Crippen LogP contribution is -2.46. The Balaban J connectivity index is 2.72. The third-order valence-corrected chi connectivity index (χ3v) is 3.26. The van der Waals surface area contributed by atoms with Gasteiger partial charge in [-0.15, -0.1) is 0 Å². The molecule has 0 aliphatic heterocycles. The predicted molar refractivity (Wildman–Crippen MR) is 71.7 cm³/mol. The van der Waals surface area contributed by atoms with Crippen molar-refractivity contribution in [3.63, 3.8) is 0 Å². The monoisotopic (exact) mass is 264 g/mol. The fraction of sp³-hybridized carbons (Fsp3) is 0.500. The first kappa shape index (κ1) is 15.1. The molecule has 1 heterocycles. The topological polar surface area (TPSA) is 79.3 Å². The molecular formula is C14H20N2O3. The van der Waals surface area contributed by atoms with Gasteiger partial charge in [-0.1, -0.05) is 13.8 Å². The van der Waals surface area contributed by atoms with Gasteiger partial charge in [0.1, 0.15) is 5.41 Å². The van der Waals surface area contributed by atoms with Gasteiger partial charge in [0.05, 0.1) is 0 Å². The fourth-order valence-electron chi connectivity index (χ4n) is 1.52.